The number of aromatic nitrogens is 1. The Hall–Kier alpha value is -1.50. The third-order valence-electron chi connectivity index (χ3n) is 3.90. The molecule has 0 aliphatic carbocycles. The molecule has 3 heterocycles. The second-order valence-electron chi connectivity index (χ2n) is 6.71. The zero-order chi connectivity index (χ0) is 15.2. The quantitative estimate of drug-likeness (QED) is 0.862. The van der Waals surface area contributed by atoms with Crippen LogP contribution in [0.3, 0.4) is 0 Å². The van der Waals surface area contributed by atoms with E-state index in [1.165, 1.54) is 11.3 Å². The van der Waals surface area contributed by atoms with Crippen molar-refractivity contribution in [2.24, 2.45) is 0 Å². The fourth-order valence-electron chi connectivity index (χ4n) is 3.14. The van der Waals surface area contributed by atoms with Crippen molar-refractivity contribution in [1.82, 2.24) is 9.88 Å². The van der Waals surface area contributed by atoms with Gasteiger partial charge in [0.2, 0.25) is 0 Å². The van der Waals surface area contributed by atoms with E-state index in [2.05, 4.69) is 9.88 Å². The molecular formula is C14H22N4O2S. The van der Waals surface area contributed by atoms with Gasteiger partial charge in [-0.15, -0.1) is 0 Å². The molecule has 2 bridgehead atoms. The Balaban J connectivity index is 1.70. The van der Waals surface area contributed by atoms with E-state index in [9.17, 15) is 4.79 Å². The number of anilines is 2. The Morgan fingerprint density at radius 2 is 2.00 bits per heavy atom. The van der Waals surface area contributed by atoms with Crippen LogP contribution in [0.1, 0.15) is 33.6 Å². The van der Waals surface area contributed by atoms with Gasteiger partial charge in [-0.2, -0.15) is 0 Å². The number of nitrogens with two attached hydrogens (primary N) is 1. The van der Waals surface area contributed by atoms with Crippen LogP contribution < -0.4 is 10.6 Å². The van der Waals surface area contributed by atoms with E-state index in [1.54, 1.807) is 0 Å². The van der Waals surface area contributed by atoms with Crippen LogP contribution in [-0.4, -0.2) is 46.8 Å². The molecule has 2 aliphatic heterocycles. The number of nitrogen functional groups attached to an aromatic ring is 1. The molecule has 2 atom stereocenters. The topological polar surface area (TPSA) is 71.7 Å². The molecule has 21 heavy (non-hydrogen) atoms. The van der Waals surface area contributed by atoms with Crippen LogP contribution in [0.5, 0.6) is 0 Å². The van der Waals surface area contributed by atoms with Crippen molar-refractivity contribution in [3.8, 4) is 0 Å². The van der Waals surface area contributed by atoms with Gasteiger partial charge in [-0.25, -0.2) is 9.78 Å². The molecule has 2 aliphatic rings. The normalized spacial score (nSPS) is 25.3. The molecule has 116 valence electrons. The fraction of sp³-hybridized carbons (Fsp3) is 0.714. The number of carbonyl (C=O) groups is 1. The molecule has 2 unspecified atom stereocenters. The van der Waals surface area contributed by atoms with Crippen molar-refractivity contribution in [3.63, 3.8) is 0 Å². The molecule has 1 amide bonds. The average Bonchev–Trinajstić information content (AvgIpc) is 2.88. The molecule has 0 aromatic carbocycles. The average molecular weight is 310 g/mol. The Labute approximate surface area is 128 Å². The van der Waals surface area contributed by atoms with E-state index in [1.807, 2.05) is 31.9 Å². The summed E-state index contributed by atoms with van der Waals surface area (Å²) in [6.45, 7) is 7.12. The number of hydrogen-bond donors (Lipinski definition) is 1. The van der Waals surface area contributed by atoms with E-state index in [0.717, 1.165) is 17.8 Å². The van der Waals surface area contributed by atoms with Crippen LogP contribution in [0.2, 0.25) is 0 Å². The van der Waals surface area contributed by atoms with Crippen molar-refractivity contribution in [1.29, 1.82) is 0 Å². The van der Waals surface area contributed by atoms with Crippen LogP contribution in [-0.2, 0) is 4.74 Å². The van der Waals surface area contributed by atoms with Crippen molar-refractivity contribution in [3.05, 3.63) is 6.20 Å². The lowest BCUT2D eigenvalue weighted by Crippen LogP contribution is -2.56. The van der Waals surface area contributed by atoms with E-state index in [4.69, 9.17) is 10.5 Å². The first-order chi connectivity index (χ1) is 9.83. The lowest BCUT2D eigenvalue weighted by molar-refractivity contribution is 0.0210. The molecule has 2 fully saturated rings. The minimum atomic E-state index is -0.445. The summed E-state index contributed by atoms with van der Waals surface area (Å²) in [6.07, 6.45) is 3.83. The van der Waals surface area contributed by atoms with Crippen molar-refractivity contribution in [2.75, 3.05) is 23.7 Å². The van der Waals surface area contributed by atoms with Gasteiger partial charge in [0.25, 0.3) is 0 Å². The monoisotopic (exact) mass is 310 g/mol. The highest BCUT2D eigenvalue weighted by atomic mass is 32.1. The minimum absolute atomic E-state index is 0.206. The molecule has 1 aromatic heterocycles. The summed E-state index contributed by atoms with van der Waals surface area (Å²) < 4.78 is 5.49. The first-order valence-electron chi connectivity index (χ1n) is 7.31. The number of ether oxygens (including phenoxy) is 1. The standard InChI is InChI=1S/C14H22N4O2S/c1-14(2,3)20-13(19)17-7-9-4-5-10(8-17)18(9)11-6-16-12(15)21-11/h6,9-10H,4-5,7-8H2,1-3H3,(H2,15,16). The zero-order valence-corrected chi connectivity index (χ0v) is 13.5. The minimum Gasteiger partial charge on any atom is -0.444 e. The number of fused-ring (bicyclic) bond motifs is 2. The van der Waals surface area contributed by atoms with E-state index in [0.29, 0.717) is 30.3 Å². The van der Waals surface area contributed by atoms with Crippen LogP contribution >= 0.6 is 11.3 Å². The van der Waals surface area contributed by atoms with Crippen molar-refractivity contribution < 1.29 is 9.53 Å². The van der Waals surface area contributed by atoms with Crippen LogP contribution in [0.25, 0.3) is 0 Å². The smallest absolute Gasteiger partial charge is 0.410 e. The van der Waals surface area contributed by atoms with Gasteiger partial charge in [0, 0.05) is 25.2 Å². The molecule has 6 nitrogen and oxygen atoms in total. The highest BCUT2D eigenvalue weighted by molar-refractivity contribution is 7.19. The maximum absolute atomic E-state index is 12.2. The number of rotatable bonds is 1. The summed E-state index contributed by atoms with van der Waals surface area (Å²) in [5.74, 6) is 0. The third-order valence-corrected chi connectivity index (χ3v) is 4.74. The Morgan fingerprint density at radius 1 is 1.38 bits per heavy atom. The summed E-state index contributed by atoms with van der Waals surface area (Å²) in [5, 5.41) is 1.71. The lowest BCUT2D eigenvalue weighted by atomic mass is 10.2. The Morgan fingerprint density at radius 3 is 2.48 bits per heavy atom. The summed E-state index contributed by atoms with van der Waals surface area (Å²) >= 11 is 1.52. The zero-order valence-electron chi connectivity index (χ0n) is 12.7. The molecule has 2 saturated heterocycles. The number of carbonyl (C=O) groups excluding carboxylic acids is 1. The molecule has 2 N–H and O–H groups in total. The number of piperazine rings is 1. The second kappa shape index (κ2) is 5.05. The maximum Gasteiger partial charge on any atom is 0.410 e. The van der Waals surface area contributed by atoms with Crippen LogP contribution in [0, 0.1) is 0 Å². The van der Waals surface area contributed by atoms with E-state index >= 15 is 0 Å². The first kappa shape index (κ1) is 14.4. The third kappa shape index (κ3) is 2.92. The number of likely N-dealkylation sites (tertiary alicyclic amines) is 1. The highest BCUT2D eigenvalue weighted by Gasteiger charge is 2.43. The van der Waals surface area contributed by atoms with Crippen molar-refractivity contribution >= 4 is 27.6 Å². The molecule has 0 radical (unpaired) electrons. The maximum atomic E-state index is 12.2. The number of nitrogens with zero attached hydrogens (tertiary/aromatic N) is 3. The SMILES string of the molecule is CC(C)(C)OC(=O)N1CC2CCC(C1)N2c1cnc(N)s1. The highest BCUT2D eigenvalue weighted by Crippen LogP contribution is 2.38. The van der Waals surface area contributed by atoms with Crippen molar-refractivity contribution in [2.45, 2.75) is 51.3 Å². The van der Waals surface area contributed by atoms with Gasteiger partial charge >= 0.3 is 6.09 Å². The first-order valence-corrected chi connectivity index (χ1v) is 8.13. The number of amides is 1. The molecule has 7 heteroatoms. The summed E-state index contributed by atoms with van der Waals surface area (Å²) in [5.41, 5.74) is 5.29. The van der Waals surface area contributed by atoms with E-state index < -0.39 is 5.60 Å². The van der Waals surface area contributed by atoms with Gasteiger partial charge in [0.1, 0.15) is 10.6 Å². The summed E-state index contributed by atoms with van der Waals surface area (Å²) in [7, 11) is 0. The molecule has 0 spiro atoms. The fourth-order valence-corrected chi connectivity index (χ4v) is 3.97. The molecule has 0 saturated carbocycles. The molecule has 3 rings (SSSR count). The molecular weight excluding hydrogens is 288 g/mol. The van der Waals surface area contributed by atoms with Crippen LogP contribution in [0.15, 0.2) is 6.20 Å². The summed E-state index contributed by atoms with van der Waals surface area (Å²) in [6, 6.07) is 0.687. The second-order valence-corrected chi connectivity index (χ2v) is 7.76. The number of hydrogen-bond acceptors (Lipinski definition) is 6. The van der Waals surface area contributed by atoms with Gasteiger partial charge in [-0.05, 0) is 33.6 Å². The predicted molar refractivity (Wildman–Crippen MR) is 83.6 cm³/mol. The van der Waals surface area contributed by atoms with E-state index in [-0.39, 0.29) is 6.09 Å². The van der Waals surface area contributed by atoms with Gasteiger partial charge in [-0.1, -0.05) is 11.3 Å². The van der Waals surface area contributed by atoms with Gasteiger partial charge < -0.3 is 20.3 Å². The Kier molecular flexibility index (Phi) is 3.47. The largest absolute Gasteiger partial charge is 0.444 e. The van der Waals surface area contributed by atoms with Gasteiger partial charge in [-0.3, -0.25) is 0 Å². The van der Waals surface area contributed by atoms with Gasteiger partial charge in [0.05, 0.1) is 6.20 Å². The van der Waals surface area contributed by atoms with Crippen LogP contribution in [0.4, 0.5) is 14.9 Å². The summed E-state index contributed by atoms with van der Waals surface area (Å²) in [4.78, 5) is 20.6. The molecule has 1 aromatic rings. The van der Waals surface area contributed by atoms with Gasteiger partial charge in [0.15, 0.2) is 5.13 Å². The predicted octanol–water partition coefficient (Wildman–Crippen LogP) is 2.31. The lowest BCUT2D eigenvalue weighted by Gasteiger charge is -2.41. The Bertz CT molecular complexity index is 525. The number of thiazole rings is 1.